The van der Waals surface area contributed by atoms with E-state index in [1.807, 2.05) is 0 Å². The second-order valence-corrected chi connectivity index (χ2v) is 6.93. The lowest BCUT2D eigenvalue weighted by Crippen LogP contribution is -2.38. The van der Waals surface area contributed by atoms with E-state index in [1.54, 1.807) is 0 Å². The fraction of sp³-hybridized carbons (Fsp3) is 0.667. The molecular weight excluding hydrogens is 324 g/mol. The molecule has 0 aliphatic heterocycles. The van der Waals surface area contributed by atoms with Gasteiger partial charge in [-0.25, -0.2) is 0 Å². The highest BCUT2D eigenvalue weighted by Gasteiger charge is 2.21. The molecule has 1 unspecified atom stereocenters. The fourth-order valence-electron chi connectivity index (χ4n) is 3.55. The molecule has 1 aromatic carbocycles. The number of nitrogens with zero attached hydrogens (tertiary/aromatic N) is 1. The quantitative estimate of drug-likeness (QED) is 0.761. The Kier molecular flexibility index (Phi) is 7.21. The van der Waals surface area contributed by atoms with Crippen LogP contribution >= 0.6 is 15.9 Å². The molecule has 0 heterocycles. The van der Waals surface area contributed by atoms with Crippen LogP contribution in [0.5, 0.6) is 0 Å². The fourth-order valence-corrected chi connectivity index (χ4v) is 4.11. The van der Waals surface area contributed by atoms with Crippen molar-refractivity contribution in [2.75, 3.05) is 20.1 Å². The summed E-state index contributed by atoms with van der Waals surface area (Å²) < 4.78 is 1.21. The first-order chi connectivity index (χ1) is 10.3. The predicted octanol–water partition coefficient (Wildman–Crippen LogP) is 4.75. The molecule has 2 nitrogen and oxygen atoms in total. The van der Waals surface area contributed by atoms with Crippen LogP contribution in [-0.4, -0.2) is 31.1 Å². The summed E-state index contributed by atoms with van der Waals surface area (Å²) in [7, 11) is 2.07. The SMILES string of the molecule is CCN(CCC(NC)c1ccccc1Br)C1CCCCC1. The molecule has 21 heavy (non-hydrogen) atoms. The first kappa shape index (κ1) is 17.0. The zero-order valence-electron chi connectivity index (χ0n) is 13.4. The van der Waals surface area contributed by atoms with E-state index in [2.05, 4.69) is 64.4 Å². The average Bonchev–Trinajstić information content (AvgIpc) is 2.54. The first-order valence-electron chi connectivity index (χ1n) is 8.42. The van der Waals surface area contributed by atoms with Gasteiger partial charge < -0.3 is 10.2 Å². The maximum Gasteiger partial charge on any atom is 0.0340 e. The summed E-state index contributed by atoms with van der Waals surface area (Å²) >= 11 is 3.68. The molecule has 0 bridgehead atoms. The van der Waals surface area contributed by atoms with E-state index in [0.717, 1.165) is 6.04 Å². The van der Waals surface area contributed by atoms with Gasteiger partial charge in [0.15, 0.2) is 0 Å². The highest BCUT2D eigenvalue weighted by atomic mass is 79.9. The summed E-state index contributed by atoms with van der Waals surface area (Å²) in [5.74, 6) is 0. The minimum Gasteiger partial charge on any atom is -0.313 e. The molecule has 0 saturated heterocycles. The van der Waals surface area contributed by atoms with E-state index in [1.165, 1.54) is 61.7 Å². The van der Waals surface area contributed by atoms with Gasteiger partial charge >= 0.3 is 0 Å². The van der Waals surface area contributed by atoms with Crippen molar-refractivity contribution in [1.29, 1.82) is 0 Å². The Balaban J connectivity index is 1.93. The zero-order chi connectivity index (χ0) is 15.1. The zero-order valence-corrected chi connectivity index (χ0v) is 15.0. The summed E-state index contributed by atoms with van der Waals surface area (Å²) in [4.78, 5) is 2.69. The van der Waals surface area contributed by atoms with E-state index in [4.69, 9.17) is 0 Å². The monoisotopic (exact) mass is 352 g/mol. The molecule has 0 aromatic heterocycles. The van der Waals surface area contributed by atoms with Gasteiger partial charge in [0.25, 0.3) is 0 Å². The van der Waals surface area contributed by atoms with Crippen LogP contribution in [0.2, 0.25) is 0 Å². The van der Waals surface area contributed by atoms with Crippen LogP contribution in [0.1, 0.15) is 57.1 Å². The molecule has 0 radical (unpaired) electrons. The standard InChI is InChI=1S/C18H29BrN2/c1-3-21(15-9-5-4-6-10-15)14-13-18(20-2)16-11-7-8-12-17(16)19/h7-8,11-12,15,18,20H,3-6,9-10,13-14H2,1-2H3. The third-order valence-corrected chi connectivity index (χ3v) is 5.55. The lowest BCUT2D eigenvalue weighted by Gasteiger charge is -2.34. The third-order valence-electron chi connectivity index (χ3n) is 4.83. The molecule has 2 rings (SSSR count). The van der Waals surface area contributed by atoms with E-state index in [9.17, 15) is 0 Å². The molecule has 3 heteroatoms. The van der Waals surface area contributed by atoms with Crippen molar-refractivity contribution in [1.82, 2.24) is 10.2 Å². The van der Waals surface area contributed by atoms with Gasteiger partial charge in [-0.15, -0.1) is 0 Å². The van der Waals surface area contributed by atoms with Crippen LogP contribution in [0.4, 0.5) is 0 Å². The molecule has 1 aliphatic rings. The second-order valence-electron chi connectivity index (χ2n) is 6.07. The van der Waals surface area contributed by atoms with Gasteiger partial charge in [-0.3, -0.25) is 0 Å². The van der Waals surface area contributed by atoms with Crippen LogP contribution in [0, 0.1) is 0 Å². The van der Waals surface area contributed by atoms with Gasteiger partial charge in [-0.2, -0.15) is 0 Å². The maximum atomic E-state index is 3.68. The minimum atomic E-state index is 0.429. The van der Waals surface area contributed by atoms with Crippen LogP contribution in [0.25, 0.3) is 0 Å². The van der Waals surface area contributed by atoms with Crippen LogP contribution < -0.4 is 5.32 Å². The molecule has 1 aliphatic carbocycles. The number of benzene rings is 1. The minimum absolute atomic E-state index is 0.429. The highest BCUT2D eigenvalue weighted by Crippen LogP contribution is 2.27. The lowest BCUT2D eigenvalue weighted by atomic mass is 9.93. The number of hydrogen-bond donors (Lipinski definition) is 1. The van der Waals surface area contributed by atoms with E-state index < -0.39 is 0 Å². The van der Waals surface area contributed by atoms with Gasteiger partial charge in [0.1, 0.15) is 0 Å². The van der Waals surface area contributed by atoms with Crippen molar-refractivity contribution in [3.63, 3.8) is 0 Å². The van der Waals surface area contributed by atoms with Gasteiger partial charge in [-0.1, -0.05) is 60.3 Å². The van der Waals surface area contributed by atoms with Crippen molar-refractivity contribution < 1.29 is 0 Å². The van der Waals surface area contributed by atoms with Crippen LogP contribution in [0.3, 0.4) is 0 Å². The Morgan fingerprint density at radius 2 is 1.95 bits per heavy atom. The summed E-state index contributed by atoms with van der Waals surface area (Å²) in [6, 6.07) is 9.82. The molecule has 118 valence electrons. The highest BCUT2D eigenvalue weighted by molar-refractivity contribution is 9.10. The van der Waals surface area contributed by atoms with Gasteiger partial charge in [0.2, 0.25) is 0 Å². The van der Waals surface area contributed by atoms with E-state index in [-0.39, 0.29) is 0 Å². The normalized spacial score (nSPS) is 18.1. The number of rotatable bonds is 7. The molecular formula is C18H29BrN2. The van der Waals surface area contributed by atoms with Gasteiger partial charge in [0, 0.05) is 23.1 Å². The van der Waals surface area contributed by atoms with Crippen LogP contribution in [0.15, 0.2) is 28.7 Å². The topological polar surface area (TPSA) is 15.3 Å². The molecule has 0 amide bonds. The van der Waals surface area contributed by atoms with Crippen LogP contribution in [-0.2, 0) is 0 Å². The van der Waals surface area contributed by atoms with Crippen molar-refractivity contribution in [3.05, 3.63) is 34.3 Å². The molecule has 1 N–H and O–H groups in total. The van der Waals surface area contributed by atoms with Crippen molar-refractivity contribution >= 4 is 15.9 Å². The Morgan fingerprint density at radius 1 is 1.24 bits per heavy atom. The maximum absolute atomic E-state index is 3.68. The first-order valence-corrected chi connectivity index (χ1v) is 9.21. The number of hydrogen-bond acceptors (Lipinski definition) is 2. The van der Waals surface area contributed by atoms with E-state index in [0.29, 0.717) is 6.04 Å². The summed E-state index contributed by atoms with van der Waals surface area (Å²) in [5.41, 5.74) is 1.37. The smallest absolute Gasteiger partial charge is 0.0340 e. The van der Waals surface area contributed by atoms with Gasteiger partial charge in [0.05, 0.1) is 0 Å². The van der Waals surface area contributed by atoms with Crippen molar-refractivity contribution in [3.8, 4) is 0 Å². The Hall–Kier alpha value is -0.380. The molecule has 1 atom stereocenters. The van der Waals surface area contributed by atoms with E-state index >= 15 is 0 Å². The average molecular weight is 353 g/mol. The third kappa shape index (κ3) is 4.80. The Labute approximate surface area is 138 Å². The second kappa shape index (κ2) is 8.92. The number of nitrogens with one attached hydrogen (secondary N) is 1. The van der Waals surface area contributed by atoms with Crippen molar-refractivity contribution in [2.45, 2.75) is 57.5 Å². The van der Waals surface area contributed by atoms with Crippen molar-refractivity contribution in [2.24, 2.45) is 0 Å². The largest absolute Gasteiger partial charge is 0.313 e. The molecule has 1 fully saturated rings. The lowest BCUT2D eigenvalue weighted by molar-refractivity contribution is 0.157. The summed E-state index contributed by atoms with van der Waals surface area (Å²) in [6.07, 6.45) is 8.23. The molecule has 0 spiro atoms. The predicted molar refractivity (Wildman–Crippen MR) is 94.7 cm³/mol. The number of halogens is 1. The Morgan fingerprint density at radius 3 is 2.57 bits per heavy atom. The Bertz CT molecular complexity index is 415. The summed E-state index contributed by atoms with van der Waals surface area (Å²) in [5, 5.41) is 3.48. The molecule has 1 aromatic rings. The van der Waals surface area contributed by atoms with Gasteiger partial charge in [-0.05, 0) is 44.5 Å². The summed E-state index contributed by atoms with van der Waals surface area (Å²) in [6.45, 7) is 4.67. The molecule has 1 saturated carbocycles.